The molecule has 0 radical (unpaired) electrons. The first-order valence-electron chi connectivity index (χ1n) is 7.63. The van der Waals surface area contributed by atoms with Gasteiger partial charge in [-0.1, -0.05) is 20.8 Å². The van der Waals surface area contributed by atoms with Gasteiger partial charge in [0.1, 0.15) is 12.1 Å². The maximum absolute atomic E-state index is 12.7. The highest BCUT2D eigenvalue weighted by atomic mass is 16.5. The average molecular weight is 325 g/mol. The summed E-state index contributed by atoms with van der Waals surface area (Å²) in [6.07, 6.45) is 2.05. The summed E-state index contributed by atoms with van der Waals surface area (Å²) >= 11 is 0. The minimum Gasteiger partial charge on any atom is -0.454 e. The molecule has 1 aliphatic carbocycles. The van der Waals surface area contributed by atoms with Gasteiger partial charge in [-0.2, -0.15) is 0 Å². The van der Waals surface area contributed by atoms with Gasteiger partial charge in [-0.3, -0.25) is 19.3 Å². The van der Waals surface area contributed by atoms with Gasteiger partial charge in [-0.05, 0) is 30.6 Å². The van der Waals surface area contributed by atoms with Crippen LogP contribution in [0.1, 0.15) is 40.0 Å². The molecule has 0 aromatic rings. The van der Waals surface area contributed by atoms with Crippen molar-refractivity contribution in [2.45, 2.75) is 45.6 Å². The van der Waals surface area contributed by atoms with Gasteiger partial charge >= 0.3 is 12.0 Å². The maximum atomic E-state index is 12.7. The third kappa shape index (κ3) is 3.62. The Morgan fingerprint density at radius 3 is 2.57 bits per heavy atom. The topological polar surface area (TPSA) is 119 Å². The molecule has 3 N–H and O–H groups in total. The van der Waals surface area contributed by atoms with Crippen molar-refractivity contribution < 1.29 is 23.9 Å². The number of nitrogens with one attached hydrogen (secondary N) is 1. The molecule has 2 atom stereocenters. The molecule has 2 aliphatic rings. The summed E-state index contributed by atoms with van der Waals surface area (Å²) in [5.41, 5.74) is 3.85. The number of imide groups is 1. The minimum absolute atomic E-state index is 0.0803. The molecule has 2 fully saturated rings. The second kappa shape index (κ2) is 5.82. The van der Waals surface area contributed by atoms with Crippen molar-refractivity contribution in [3.05, 3.63) is 0 Å². The smallest absolute Gasteiger partial charge is 0.326 e. The van der Waals surface area contributed by atoms with Crippen molar-refractivity contribution in [1.82, 2.24) is 10.2 Å². The Bertz CT molecular complexity index is 559. The zero-order valence-corrected chi connectivity index (χ0v) is 13.7. The zero-order valence-electron chi connectivity index (χ0n) is 13.7. The Hall–Kier alpha value is -2.12. The predicted molar refractivity (Wildman–Crippen MR) is 79.9 cm³/mol. The molecule has 1 heterocycles. The van der Waals surface area contributed by atoms with Crippen LogP contribution in [0, 0.1) is 11.3 Å². The van der Waals surface area contributed by atoms with Gasteiger partial charge in [0.2, 0.25) is 0 Å². The fraction of sp³-hybridized carbons (Fsp3) is 0.733. The number of nitrogens with zero attached hydrogens (tertiary/aromatic N) is 1. The van der Waals surface area contributed by atoms with Crippen molar-refractivity contribution in [1.29, 1.82) is 0 Å². The van der Waals surface area contributed by atoms with Gasteiger partial charge in [0.15, 0.2) is 6.61 Å². The van der Waals surface area contributed by atoms with Gasteiger partial charge < -0.3 is 15.8 Å². The molecule has 8 heteroatoms. The molecule has 4 amide bonds. The van der Waals surface area contributed by atoms with E-state index in [1.807, 2.05) is 6.92 Å². The fourth-order valence-corrected chi connectivity index (χ4v) is 3.98. The maximum Gasteiger partial charge on any atom is 0.326 e. The lowest BCUT2D eigenvalue weighted by Crippen LogP contribution is -2.54. The van der Waals surface area contributed by atoms with Gasteiger partial charge in [0.05, 0.1) is 0 Å². The molecule has 1 saturated carbocycles. The van der Waals surface area contributed by atoms with Crippen LogP contribution in [0.3, 0.4) is 0 Å². The number of ether oxygens (including phenoxy) is 1. The molecule has 1 saturated heterocycles. The van der Waals surface area contributed by atoms with E-state index in [1.54, 1.807) is 0 Å². The monoisotopic (exact) mass is 325 g/mol. The van der Waals surface area contributed by atoms with Crippen LogP contribution in [-0.2, 0) is 19.1 Å². The second-order valence-corrected chi connectivity index (χ2v) is 7.38. The highest BCUT2D eigenvalue weighted by Crippen LogP contribution is 2.46. The van der Waals surface area contributed by atoms with Gasteiger partial charge in [-0.15, -0.1) is 0 Å². The number of rotatable bonds is 4. The summed E-state index contributed by atoms with van der Waals surface area (Å²) < 4.78 is 4.61. The molecule has 23 heavy (non-hydrogen) atoms. The largest absolute Gasteiger partial charge is 0.454 e. The molecular formula is C15H23N3O5. The van der Waals surface area contributed by atoms with E-state index in [-0.39, 0.29) is 11.3 Å². The summed E-state index contributed by atoms with van der Waals surface area (Å²) in [6, 6.07) is -0.601. The summed E-state index contributed by atoms with van der Waals surface area (Å²) in [6.45, 7) is 5.08. The van der Waals surface area contributed by atoms with E-state index in [2.05, 4.69) is 23.9 Å². The Balaban J connectivity index is 2.10. The van der Waals surface area contributed by atoms with Crippen LogP contribution in [0.4, 0.5) is 4.79 Å². The third-order valence-corrected chi connectivity index (χ3v) is 4.29. The molecule has 128 valence electrons. The number of hydrogen-bond acceptors (Lipinski definition) is 5. The lowest BCUT2D eigenvalue weighted by molar-refractivity contribution is -0.151. The van der Waals surface area contributed by atoms with Crippen molar-refractivity contribution in [2.75, 3.05) is 13.2 Å². The number of esters is 1. The lowest BCUT2D eigenvalue weighted by atomic mass is 9.64. The van der Waals surface area contributed by atoms with Crippen molar-refractivity contribution in [3.63, 3.8) is 0 Å². The van der Waals surface area contributed by atoms with Crippen LogP contribution >= 0.6 is 0 Å². The number of carbonyl (C=O) groups is 4. The molecule has 1 aliphatic heterocycles. The molecule has 0 aromatic carbocycles. The van der Waals surface area contributed by atoms with Crippen LogP contribution in [-0.4, -0.2) is 47.4 Å². The average Bonchev–Trinajstić information content (AvgIpc) is 2.58. The van der Waals surface area contributed by atoms with Crippen molar-refractivity contribution in [2.24, 2.45) is 17.1 Å². The molecular weight excluding hydrogens is 302 g/mol. The van der Waals surface area contributed by atoms with E-state index in [1.165, 1.54) is 0 Å². The standard InChI is InChI=1S/C15H23N3O5/c1-9-4-14(2,3)8-15(5-9)12(21)18(13(22)17-15)6-11(20)23-7-10(16)19/h9H,4-8H2,1-3H3,(H2,16,19)(H,17,22)/t9-,15-/m1/s1. The van der Waals surface area contributed by atoms with E-state index in [4.69, 9.17) is 5.73 Å². The highest BCUT2D eigenvalue weighted by molar-refractivity contribution is 6.08. The van der Waals surface area contributed by atoms with Crippen LogP contribution in [0.5, 0.6) is 0 Å². The van der Waals surface area contributed by atoms with Crippen LogP contribution < -0.4 is 11.1 Å². The first kappa shape index (κ1) is 17.2. The number of carbonyl (C=O) groups excluding carboxylic acids is 4. The Kier molecular flexibility index (Phi) is 4.37. The quantitative estimate of drug-likeness (QED) is 0.563. The molecule has 2 rings (SSSR count). The molecule has 8 nitrogen and oxygen atoms in total. The summed E-state index contributed by atoms with van der Waals surface area (Å²) in [7, 11) is 0. The van der Waals surface area contributed by atoms with E-state index in [0.717, 1.165) is 11.3 Å². The molecule has 1 spiro atoms. The highest BCUT2D eigenvalue weighted by Gasteiger charge is 2.56. The Morgan fingerprint density at radius 2 is 2.00 bits per heavy atom. The van der Waals surface area contributed by atoms with E-state index >= 15 is 0 Å². The summed E-state index contributed by atoms with van der Waals surface area (Å²) in [4.78, 5) is 48.0. The molecule has 0 aromatic heterocycles. The first-order valence-corrected chi connectivity index (χ1v) is 7.63. The number of hydrogen-bond donors (Lipinski definition) is 2. The Labute approximate surface area is 134 Å². The van der Waals surface area contributed by atoms with Crippen molar-refractivity contribution >= 4 is 23.8 Å². The van der Waals surface area contributed by atoms with Crippen LogP contribution in [0.2, 0.25) is 0 Å². The van der Waals surface area contributed by atoms with E-state index in [0.29, 0.717) is 12.8 Å². The van der Waals surface area contributed by atoms with Gasteiger partial charge in [0.25, 0.3) is 11.8 Å². The second-order valence-electron chi connectivity index (χ2n) is 7.38. The SMILES string of the molecule is C[C@@H]1CC(C)(C)C[C@@]2(C1)NC(=O)N(CC(=O)OCC(N)=O)C2=O. The molecule has 0 bridgehead atoms. The fourth-order valence-electron chi connectivity index (χ4n) is 3.98. The van der Waals surface area contributed by atoms with Crippen LogP contribution in [0.25, 0.3) is 0 Å². The van der Waals surface area contributed by atoms with Crippen LogP contribution in [0.15, 0.2) is 0 Å². The zero-order chi connectivity index (χ0) is 17.4. The number of nitrogens with two attached hydrogens (primary N) is 1. The van der Waals surface area contributed by atoms with Gasteiger partial charge in [0, 0.05) is 0 Å². The van der Waals surface area contributed by atoms with Crippen molar-refractivity contribution in [3.8, 4) is 0 Å². The summed E-state index contributed by atoms with van der Waals surface area (Å²) in [5.74, 6) is -1.76. The number of primary amides is 1. The number of amides is 4. The first-order chi connectivity index (χ1) is 10.5. The van der Waals surface area contributed by atoms with Gasteiger partial charge in [-0.25, -0.2) is 4.79 Å². The number of urea groups is 1. The van der Waals surface area contributed by atoms with E-state index < -0.39 is 42.5 Å². The lowest BCUT2D eigenvalue weighted by Gasteiger charge is -2.43. The predicted octanol–water partition coefficient (Wildman–Crippen LogP) is 0.152. The van der Waals surface area contributed by atoms with E-state index in [9.17, 15) is 19.2 Å². The third-order valence-electron chi connectivity index (χ3n) is 4.29. The summed E-state index contributed by atoms with van der Waals surface area (Å²) in [5, 5.41) is 2.76. The minimum atomic E-state index is -0.956. The normalized spacial score (nSPS) is 29.5. The molecule has 0 unspecified atom stereocenters. The Morgan fingerprint density at radius 1 is 1.35 bits per heavy atom.